The summed E-state index contributed by atoms with van der Waals surface area (Å²) in [6.45, 7) is 0.0912. The number of anilines is 1. The first-order chi connectivity index (χ1) is 8.22. The van der Waals surface area contributed by atoms with E-state index in [1.807, 2.05) is 0 Å². The fourth-order valence-corrected chi connectivity index (χ4v) is 2.25. The molecule has 17 heavy (non-hydrogen) atoms. The third-order valence-electron chi connectivity index (χ3n) is 3.28. The lowest BCUT2D eigenvalue weighted by Crippen LogP contribution is -2.48. The minimum Gasteiger partial charge on any atom is -0.394 e. The Labute approximate surface area is 102 Å². The number of nitrogens with zero attached hydrogens (tertiary/aromatic N) is 3. The number of halogens is 1. The standard InChI is InChI=1S/C10H12ClN5O/c11-9-13-7(6-4-12-16-8(6)14-9)15-10(5-17)2-1-3-10/h4,17H,1-3,5H2,(H2,12,13,14,15,16). The maximum Gasteiger partial charge on any atom is 0.226 e. The molecule has 0 radical (unpaired) electrons. The van der Waals surface area contributed by atoms with Crippen molar-refractivity contribution in [2.75, 3.05) is 11.9 Å². The van der Waals surface area contributed by atoms with Crippen LogP contribution < -0.4 is 5.32 Å². The molecule has 3 rings (SSSR count). The van der Waals surface area contributed by atoms with Crippen molar-refractivity contribution in [2.45, 2.75) is 24.8 Å². The van der Waals surface area contributed by atoms with E-state index >= 15 is 0 Å². The first kappa shape index (κ1) is 10.7. The van der Waals surface area contributed by atoms with E-state index in [0.717, 1.165) is 24.6 Å². The molecule has 2 aromatic heterocycles. The third kappa shape index (κ3) is 1.73. The van der Waals surface area contributed by atoms with Gasteiger partial charge >= 0.3 is 0 Å². The minimum atomic E-state index is -0.262. The van der Waals surface area contributed by atoms with Crippen molar-refractivity contribution < 1.29 is 5.11 Å². The van der Waals surface area contributed by atoms with Gasteiger partial charge in [-0.2, -0.15) is 15.1 Å². The van der Waals surface area contributed by atoms with E-state index in [9.17, 15) is 5.11 Å². The highest BCUT2D eigenvalue weighted by Crippen LogP contribution is 2.35. The Bertz CT molecular complexity index is 545. The van der Waals surface area contributed by atoms with E-state index in [1.165, 1.54) is 0 Å². The molecular weight excluding hydrogens is 242 g/mol. The summed E-state index contributed by atoms with van der Waals surface area (Å²) in [5.74, 6) is 0.627. The van der Waals surface area contributed by atoms with Gasteiger partial charge in [-0.15, -0.1) is 0 Å². The molecule has 2 heterocycles. The van der Waals surface area contributed by atoms with Crippen molar-refractivity contribution in [3.63, 3.8) is 0 Å². The van der Waals surface area contributed by atoms with E-state index in [1.54, 1.807) is 6.20 Å². The molecule has 0 amide bonds. The fraction of sp³-hybridized carbons (Fsp3) is 0.500. The minimum absolute atomic E-state index is 0.0912. The zero-order valence-electron chi connectivity index (χ0n) is 9.07. The average molecular weight is 254 g/mol. The van der Waals surface area contributed by atoms with Crippen molar-refractivity contribution in [1.82, 2.24) is 20.2 Å². The summed E-state index contributed by atoms with van der Waals surface area (Å²) in [6, 6.07) is 0. The first-order valence-electron chi connectivity index (χ1n) is 5.48. The van der Waals surface area contributed by atoms with Gasteiger partial charge in [0.05, 0.1) is 23.7 Å². The molecular formula is C10H12ClN5O. The second-order valence-electron chi connectivity index (χ2n) is 4.39. The molecule has 0 aliphatic heterocycles. The molecule has 3 N–H and O–H groups in total. The van der Waals surface area contributed by atoms with Crippen LogP contribution in [0, 0.1) is 0 Å². The van der Waals surface area contributed by atoms with Crippen molar-refractivity contribution in [2.24, 2.45) is 0 Å². The van der Waals surface area contributed by atoms with E-state index in [4.69, 9.17) is 11.6 Å². The lowest BCUT2D eigenvalue weighted by molar-refractivity contribution is 0.144. The number of aliphatic hydroxyl groups is 1. The highest BCUT2D eigenvalue weighted by molar-refractivity contribution is 6.28. The van der Waals surface area contributed by atoms with Gasteiger partial charge < -0.3 is 10.4 Å². The lowest BCUT2D eigenvalue weighted by Gasteiger charge is -2.41. The van der Waals surface area contributed by atoms with Crippen LogP contribution in [0.15, 0.2) is 6.20 Å². The van der Waals surface area contributed by atoms with Crippen LogP contribution in [0.3, 0.4) is 0 Å². The highest BCUT2D eigenvalue weighted by Gasteiger charge is 2.37. The fourth-order valence-electron chi connectivity index (χ4n) is 2.08. The van der Waals surface area contributed by atoms with E-state index < -0.39 is 0 Å². The molecule has 0 spiro atoms. The predicted molar refractivity (Wildman–Crippen MR) is 64.0 cm³/mol. The van der Waals surface area contributed by atoms with Crippen LogP contribution >= 0.6 is 11.6 Å². The molecule has 1 fully saturated rings. The predicted octanol–water partition coefficient (Wildman–Crippen LogP) is 1.33. The molecule has 0 aromatic carbocycles. The second kappa shape index (κ2) is 3.82. The molecule has 1 saturated carbocycles. The zero-order valence-corrected chi connectivity index (χ0v) is 9.83. The second-order valence-corrected chi connectivity index (χ2v) is 4.73. The monoisotopic (exact) mass is 253 g/mol. The van der Waals surface area contributed by atoms with E-state index in [0.29, 0.717) is 11.5 Å². The summed E-state index contributed by atoms with van der Waals surface area (Å²) in [7, 11) is 0. The van der Waals surface area contributed by atoms with Crippen LogP contribution in [0.1, 0.15) is 19.3 Å². The van der Waals surface area contributed by atoms with Crippen LogP contribution in [0.25, 0.3) is 11.0 Å². The van der Waals surface area contributed by atoms with E-state index in [2.05, 4.69) is 25.5 Å². The van der Waals surface area contributed by atoms with E-state index in [-0.39, 0.29) is 17.4 Å². The van der Waals surface area contributed by atoms with Gasteiger partial charge in [0.15, 0.2) is 5.65 Å². The Balaban J connectivity index is 2.01. The van der Waals surface area contributed by atoms with Gasteiger partial charge in [-0.1, -0.05) is 0 Å². The van der Waals surface area contributed by atoms with Crippen molar-refractivity contribution >= 4 is 28.5 Å². The summed E-state index contributed by atoms with van der Waals surface area (Å²) in [5.41, 5.74) is 0.335. The summed E-state index contributed by atoms with van der Waals surface area (Å²) in [5, 5.41) is 20.3. The molecule has 6 nitrogen and oxygen atoms in total. The largest absolute Gasteiger partial charge is 0.394 e. The number of fused-ring (bicyclic) bond motifs is 1. The van der Waals surface area contributed by atoms with Gasteiger partial charge in [-0.05, 0) is 30.9 Å². The van der Waals surface area contributed by atoms with Gasteiger partial charge in [0, 0.05) is 0 Å². The van der Waals surface area contributed by atoms with Crippen LogP contribution in [0.5, 0.6) is 0 Å². The van der Waals surface area contributed by atoms with Gasteiger partial charge in [0.25, 0.3) is 0 Å². The smallest absolute Gasteiger partial charge is 0.226 e. The number of H-pyrrole nitrogens is 1. The summed E-state index contributed by atoms with van der Waals surface area (Å²) < 4.78 is 0. The average Bonchev–Trinajstić information content (AvgIpc) is 2.71. The number of nitrogens with one attached hydrogen (secondary N) is 2. The molecule has 90 valence electrons. The van der Waals surface area contributed by atoms with Crippen molar-refractivity contribution in [3.8, 4) is 0 Å². The molecule has 1 aliphatic carbocycles. The van der Waals surface area contributed by atoms with Gasteiger partial charge in [0.2, 0.25) is 5.28 Å². The summed E-state index contributed by atoms with van der Waals surface area (Å²) in [6.07, 6.45) is 4.63. The Hall–Kier alpha value is -1.40. The van der Waals surface area contributed by atoms with Gasteiger partial charge in [-0.25, -0.2) is 0 Å². The maximum atomic E-state index is 9.43. The lowest BCUT2D eigenvalue weighted by atomic mass is 9.77. The van der Waals surface area contributed by atoms with Crippen LogP contribution in [-0.2, 0) is 0 Å². The molecule has 2 aromatic rings. The number of hydrogen-bond donors (Lipinski definition) is 3. The Morgan fingerprint density at radius 1 is 1.47 bits per heavy atom. The highest BCUT2D eigenvalue weighted by atomic mass is 35.5. The molecule has 1 aliphatic rings. The normalized spacial score (nSPS) is 18.0. The van der Waals surface area contributed by atoms with Gasteiger partial charge in [-0.3, -0.25) is 5.10 Å². The Morgan fingerprint density at radius 3 is 2.94 bits per heavy atom. The Kier molecular flexibility index (Phi) is 2.41. The number of rotatable bonds is 3. The van der Waals surface area contributed by atoms with Gasteiger partial charge in [0.1, 0.15) is 5.82 Å². The Morgan fingerprint density at radius 2 is 2.29 bits per heavy atom. The maximum absolute atomic E-state index is 9.43. The molecule has 0 saturated heterocycles. The first-order valence-corrected chi connectivity index (χ1v) is 5.86. The third-order valence-corrected chi connectivity index (χ3v) is 3.45. The van der Waals surface area contributed by atoms with Crippen LogP contribution in [0.4, 0.5) is 5.82 Å². The summed E-state index contributed by atoms with van der Waals surface area (Å²) in [4.78, 5) is 8.19. The SMILES string of the molecule is OCC1(Nc2nc(Cl)nc3[nH]ncc23)CCC1. The molecule has 0 bridgehead atoms. The van der Waals surface area contributed by atoms with Crippen LogP contribution in [0.2, 0.25) is 5.28 Å². The van der Waals surface area contributed by atoms with Crippen molar-refractivity contribution in [1.29, 1.82) is 0 Å². The quantitative estimate of drug-likeness (QED) is 0.719. The van der Waals surface area contributed by atoms with Crippen LogP contribution in [-0.4, -0.2) is 37.4 Å². The number of aliphatic hydroxyl groups excluding tert-OH is 1. The van der Waals surface area contributed by atoms with Crippen molar-refractivity contribution in [3.05, 3.63) is 11.5 Å². The summed E-state index contributed by atoms with van der Waals surface area (Å²) >= 11 is 5.84. The molecule has 7 heteroatoms. The topological polar surface area (TPSA) is 86.7 Å². The molecule has 0 unspecified atom stereocenters. The number of aromatic nitrogens is 4. The zero-order chi connectivity index (χ0) is 11.9. The number of hydrogen-bond acceptors (Lipinski definition) is 5. The molecule has 0 atom stereocenters. The number of aromatic amines is 1.